The zero-order chi connectivity index (χ0) is 19.8. The Hall–Kier alpha value is -2.83. The molecule has 10 nitrogen and oxygen atoms in total. The summed E-state index contributed by atoms with van der Waals surface area (Å²) in [5.74, 6) is -4.30. The number of rotatable bonds is 4. The number of aliphatic hydroxyl groups excluding tert-OH is 2. The molecule has 3 rings (SSSR count). The number of hydrogen-bond acceptors (Lipinski definition) is 8. The van der Waals surface area contributed by atoms with Gasteiger partial charge in [0.25, 0.3) is 5.91 Å². The quantitative estimate of drug-likeness (QED) is 0.641. The van der Waals surface area contributed by atoms with Crippen molar-refractivity contribution < 1.29 is 28.5 Å². The number of amides is 1. The van der Waals surface area contributed by atoms with Gasteiger partial charge in [0.15, 0.2) is 6.10 Å². The van der Waals surface area contributed by atoms with Gasteiger partial charge in [0.05, 0.1) is 6.61 Å². The van der Waals surface area contributed by atoms with Crippen LogP contribution in [0.3, 0.4) is 0 Å². The molecule has 0 aliphatic carbocycles. The summed E-state index contributed by atoms with van der Waals surface area (Å²) in [7, 11) is 0. The van der Waals surface area contributed by atoms with E-state index in [1.165, 1.54) is 12.3 Å². The predicted octanol–water partition coefficient (Wildman–Crippen LogP) is -0.520. The van der Waals surface area contributed by atoms with Crippen LogP contribution in [0, 0.1) is 6.92 Å². The lowest BCUT2D eigenvalue weighted by molar-refractivity contribution is -0.140. The van der Waals surface area contributed by atoms with Crippen molar-refractivity contribution in [2.24, 2.45) is 0 Å². The number of nitrogens with one attached hydrogen (secondary N) is 1. The normalized spacial score (nSPS) is 24.0. The number of aliphatic hydroxyl groups is 2. The van der Waals surface area contributed by atoms with E-state index in [1.54, 1.807) is 6.92 Å². The van der Waals surface area contributed by atoms with Crippen LogP contribution >= 0.6 is 0 Å². The highest BCUT2D eigenvalue weighted by molar-refractivity contribution is 6.02. The van der Waals surface area contributed by atoms with Gasteiger partial charge in [0.1, 0.15) is 23.4 Å². The van der Waals surface area contributed by atoms with E-state index >= 15 is 0 Å². The number of alkyl halides is 2. The molecule has 144 valence electrons. The molecule has 3 N–H and O–H groups in total. The molecule has 0 radical (unpaired) electrons. The molecule has 0 bridgehead atoms. The van der Waals surface area contributed by atoms with Crippen LogP contribution in [0.5, 0.6) is 0 Å². The predicted molar refractivity (Wildman–Crippen MR) is 85.2 cm³/mol. The van der Waals surface area contributed by atoms with E-state index in [9.17, 15) is 23.5 Å². The monoisotopic (exact) mass is 383 g/mol. The van der Waals surface area contributed by atoms with Crippen LogP contribution in [-0.4, -0.2) is 60.4 Å². The van der Waals surface area contributed by atoms with Gasteiger partial charge in [-0.1, -0.05) is 0 Å². The molecule has 1 aliphatic rings. The second kappa shape index (κ2) is 7.06. The van der Waals surface area contributed by atoms with Gasteiger partial charge in [-0.05, 0) is 19.1 Å². The van der Waals surface area contributed by atoms with E-state index < -0.39 is 42.6 Å². The minimum atomic E-state index is -3.82. The summed E-state index contributed by atoms with van der Waals surface area (Å²) in [6.45, 7) is 0.744. The topological polar surface area (TPSA) is 139 Å². The zero-order valence-electron chi connectivity index (χ0n) is 13.9. The molecule has 2 aromatic rings. The number of carbonyl (C=O) groups is 1. The third-order valence-electron chi connectivity index (χ3n) is 3.89. The van der Waals surface area contributed by atoms with Gasteiger partial charge in [0, 0.05) is 12.4 Å². The molecule has 0 saturated carbocycles. The molecular formula is C15H15F2N5O5. The number of ether oxygens (including phenoxy) is 1. The standard InChI is InChI=1S/C15H15F2N5O5/c1-7-18-4-2-8(19-7)12(25)20-10-3-5-22(14(26)21-10)13-15(16,17)11(24)9(6-23)27-13/h2-5,9,11,13,23-24H,6H2,1H3,(H,20,21,25,26)/t9-,11-,13-/m1/s1. The number of nitrogens with zero attached hydrogens (tertiary/aromatic N) is 4. The average Bonchev–Trinajstić information content (AvgIpc) is 2.85. The molecule has 0 unspecified atom stereocenters. The van der Waals surface area contributed by atoms with Crippen molar-refractivity contribution >= 4 is 11.7 Å². The molecule has 0 aromatic carbocycles. The average molecular weight is 383 g/mol. The lowest BCUT2D eigenvalue weighted by atomic mass is 10.1. The Labute approximate surface area is 150 Å². The fraction of sp³-hybridized carbons (Fsp3) is 0.400. The Kier molecular flexibility index (Phi) is 4.95. The number of anilines is 1. The first kappa shape index (κ1) is 18.9. The third-order valence-corrected chi connectivity index (χ3v) is 3.89. The fourth-order valence-electron chi connectivity index (χ4n) is 2.54. The zero-order valence-corrected chi connectivity index (χ0v) is 13.9. The Balaban J connectivity index is 1.82. The van der Waals surface area contributed by atoms with E-state index in [2.05, 4.69) is 20.3 Å². The number of aromatic nitrogens is 4. The molecule has 1 amide bonds. The van der Waals surface area contributed by atoms with Gasteiger partial charge in [-0.15, -0.1) is 0 Å². The molecule has 1 aliphatic heterocycles. The summed E-state index contributed by atoms with van der Waals surface area (Å²) >= 11 is 0. The first-order valence-electron chi connectivity index (χ1n) is 7.76. The number of halogens is 2. The minimum absolute atomic E-state index is 0.0352. The minimum Gasteiger partial charge on any atom is -0.394 e. The van der Waals surface area contributed by atoms with Crippen LogP contribution in [0.25, 0.3) is 0 Å². The number of aryl methyl sites for hydroxylation is 1. The van der Waals surface area contributed by atoms with Crippen molar-refractivity contribution in [2.75, 3.05) is 11.9 Å². The second-order valence-corrected chi connectivity index (χ2v) is 5.77. The third kappa shape index (κ3) is 3.54. The molecular weight excluding hydrogens is 368 g/mol. The smallest absolute Gasteiger partial charge is 0.351 e. The number of carbonyl (C=O) groups excluding carboxylic acids is 1. The maximum Gasteiger partial charge on any atom is 0.351 e. The van der Waals surface area contributed by atoms with Crippen LogP contribution in [-0.2, 0) is 4.74 Å². The van der Waals surface area contributed by atoms with Crippen LogP contribution < -0.4 is 11.0 Å². The van der Waals surface area contributed by atoms with Gasteiger partial charge < -0.3 is 20.3 Å². The van der Waals surface area contributed by atoms with Crippen LogP contribution in [0.1, 0.15) is 22.5 Å². The van der Waals surface area contributed by atoms with Crippen molar-refractivity contribution in [3.05, 3.63) is 46.5 Å². The van der Waals surface area contributed by atoms with Crippen molar-refractivity contribution in [1.29, 1.82) is 0 Å². The summed E-state index contributed by atoms with van der Waals surface area (Å²) in [6, 6.07) is 2.47. The Morgan fingerprint density at radius 2 is 2.15 bits per heavy atom. The van der Waals surface area contributed by atoms with Crippen LogP contribution in [0.4, 0.5) is 14.6 Å². The highest BCUT2D eigenvalue weighted by Gasteiger charge is 2.59. The highest BCUT2D eigenvalue weighted by atomic mass is 19.3. The molecule has 1 saturated heterocycles. The molecule has 12 heteroatoms. The van der Waals surface area contributed by atoms with Gasteiger partial charge in [-0.3, -0.25) is 9.36 Å². The Morgan fingerprint density at radius 3 is 2.74 bits per heavy atom. The highest BCUT2D eigenvalue weighted by Crippen LogP contribution is 2.41. The van der Waals surface area contributed by atoms with Gasteiger partial charge >= 0.3 is 11.6 Å². The molecule has 3 atom stereocenters. The maximum atomic E-state index is 14.1. The SMILES string of the molecule is Cc1nccc(C(=O)Nc2ccn([C@@H]3O[C@H](CO)[C@@H](O)C3(F)F)c(=O)n2)n1. The maximum absolute atomic E-state index is 14.1. The summed E-state index contributed by atoms with van der Waals surface area (Å²) in [4.78, 5) is 35.5. The molecule has 0 spiro atoms. The van der Waals surface area contributed by atoms with Crippen LogP contribution in [0.15, 0.2) is 29.3 Å². The molecule has 27 heavy (non-hydrogen) atoms. The lowest BCUT2D eigenvalue weighted by Crippen LogP contribution is -2.41. The molecule has 1 fully saturated rings. The number of hydrogen-bond donors (Lipinski definition) is 3. The van der Waals surface area contributed by atoms with Gasteiger partial charge in [-0.2, -0.15) is 13.8 Å². The summed E-state index contributed by atoms with van der Waals surface area (Å²) < 4.78 is 33.6. The van der Waals surface area contributed by atoms with Crippen LogP contribution in [0.2, 0.25) is 0 Å². The van der Waals surface area contributed by atoms with E-state index in [1.807, 2.05) is 0 Å². The Bertz CT molecular complexity index is 921. The first-order chi connectivity index (χ1) is 12.7. The van der Waals surface area contributed by atoms with Gasteiger partial charge in [0.2, 0.25) is 6.23 Å². The van der Waals surface area contributed by atoms with E-state index in [0.29, 0.717) is 10.4 Å². The second-order valence-electron chi connectivity index (χ2n) is 5.77. The summed E-state index contributed by atoms with van der Waals surface area (Å²) in [6.07, 6.45) is -3.64. The first-order valence-corrected chi connectivity index (χ1v) is 7.76. The van der Waals surface area contributed by atoms with E-state index in [0.717, 1.165) is 12.3 Å². The van der Waals surface area contributed by atoms with Crippen molar-refractivity contribution in [3.8, 4) is 0 Å². The lowest BCUT2D eigenvalue weighted by Gasteiger charge is -2.21. The van der Waals surface area contributed by atoms with E-state index in [-0.39, 0.29) is 11.5 Å². The summed E-state index contributed by atoms with van der Waals surface area (Å²) in [5.41, 5.74) is -1.10. The largest absolute Gasteiger partial charge is 0.394 e. The summed E-state index contributed by atoms with van der Waals surface area (Å²) in [5, 5.41) is 20.8. The van der Waals surface area contributed by atoms with Gasteiger partial charge in [-0.25, -0.2) is 14.8 Å². The Morgan fingerprint density at radius 1 is 1.41 bits per heavy atom. The van der Waals surface area contributed by atoms with Crippen molar-refractivity contribution in [1.82, 2.24) is 19.5 Å². The van der Waals surface area contributed by atoms with E-state index in [4.69, 9.17) is 9.84 Å². The van der Waals surface area contributed by atoms with Crippen molar-refractivity contribution in [3.63, 3.8) is 0 Å². The molecule has 2 aromatic heterocycles. The molecule has 3 heterocycles. The van der Waals surface area contributed by atoms with Crippen molar-refractivity contribution in [2.45, 2.75) is 31.3 Å². The fourth-order valence-corrected chi connectivity index (χ4v) is 2.54.